The molecule has 3 rings (SSSR count). The lowest BCUT2D eigenvalue weighted by molar-refractivity contribution is 0.0945. The monoisotopic (exact) mass is 285 g/mol. The molecule has 2 aromatic heterocycles. The zero-order valence-corrected chi connectivity index (χ0v) is 11.3. The second-order valence-corrected chi connectivity index (χ2v) is 4.82. The maximum atomic E-state index is 12.2. The molecule has 0 aliphatic heterocycles. The van der Waals surface area contributed by atoms with Crippen LogP contribution < -0.4 is 5.32 Å². The van der Waals surface area contributed by atoms with E-state index in [4.69, 9.17) is 11.6 Å². The third-order valence-corrected chi connectivity index (χ3v) is 3.23. The van der Waals surface area contributed by atoms with Crippen LogP contribution in [0.4, 0.5) is 0 Å². The van der Waals surface area contributed by atoms with Crippen molar-refractivity contribution in [2.45, 2.75) is 6.54 Å². The van der Waals surface area contributed by atoms with E-state index in [9.17, 15) is 4.79 Å². The van der Waals surface area contributed by atoms with E-state index in [1.165, 1.54) is 0 Å². The number of fused-ring (bicyclic) bond motifs is 1. The number of carbonyl (C=O) groups is 1. The van der Waals surface area contributed by atoms with E-state index in [1.807, 2.05) is 42.6 Å². The number of nitrogens with zero attached hydrogens (tertiary/aromatic N) is 2. The standard InChI is InChI=1S/C15H12ClN3O/c16-12-5-3-4-11(8-12)9-18-15(20)13-10-17-14-6-1-2-7-19(13)14/h1-8,10H,9H2,(H,18,20). The van der Waals surface area contributed by atoms with Gasteiger partial charge >= 0.3 is 0 Å². The Morgan fingerprint density at radius 1 is 1.25 bits per heavy atom. The summed E-state index contributed by atoms with van der Waals surface area (Å²) in [5.74, 6) is -0.163. The average Bonchev–Trinajstić information content (AvgIpc) is 2.89. The van der Waals surface area contributed by atoms with E-state index >= 15 is 0 Å². The fraction of sp³-hybridized carbons (Fsp3) is 0.0667. The number of hydrogen-bond acceptors (Lipinski definition) is 2. The van der Waals surface area contributed by atoms with Crippen LogP contribution in [0, 0.1) is 0 Å². The van der Waals surface area contributed by atoms with E-state index in [-0.39, 0.29) is 5.91 Å². The molecule has 0 aliphatic rings. The smallest absolute Gasteiger partial charge is 0.270 e. The highest BCUT2D eigenvalue weighted by atomic mass is 35.5. The largest absolute Gasteiger partial charge is 0.347 e. The third-order valence-electron chi connectivity index (χ3n) is 2.99. The van der Waals surface area contributed by atoms with Crippen molar-refractivity contribution >= 4 is 23.2 Å². The molecule has 0 spiro atoms. The number of carbonyl (C=O) groups excluding carboxylic acids is 1. The van der Waals surface area contributed by atoms with Gasteiger partial charge in [0.2, 0.25) is 0 Å². The minimum absolute atomic E-state index is 0.163. The van der Waals surface area contributed by atoms with Gasteiger partial charge in [-0.3, -0.25) is 9.20 Å². The van der Waals surface area contributed by atoms with Crippen LogP contribution >= 0.6 is 11.6 Å². The number of amides is 1. The molecule has 0 atom stereocenters. The summed E-state index contributed by atoms with van der Waals surface area (Å²) in [4.78, 5) is 16.4. The van der Waals surface area contributed by atoms with Crippen molar-refractivity contribution in [1.82, 2.24) is 14.7 Å². The molecule has 0 fully saturated rings. The first kappa shape index (κ1) is 12.7. The van der Waals surface area contributed by atoms with E-state index in [2.05, 4.69) is 10.3 Å². The molecule has 20 heavy (non-hydrogen) atoms. The van der Waals surface area contributed by atoms with Crippen molar-refractivity contribution in [2.24, 2.45) is 0 Å². The molecular formula is C15H12ClN3O. The van der Waals surface area contributed by atoms with E-state index in [0.717, 1.165) is 11.2 Å². The Bertz CT molecular complexity index is 766. The molecule has 3 aromatic rings. The molecule has 2 heterocycles. The Balaban J connectivity index is 1.76. The van der Waals surface area contributed by atoms with Gasteiger partial charge in [-0.15, -0.1) is 0 Å². The number of nitrogens with one attached hydrogen (secondary N) is 1. The van der Waals surface area contributed by atoms with Gasteiger partial charge in [-0.1, -0.05) is 29.8 Å². The number of rotatable bonds is 3. The molecule has 1 amide bonds. The van der Waals surface area contributed by atoms with Crippen LogP contribution in [-0.2, 0) is 6.54 Å². The minimum Gasteiger partial charge on any atom is -0.347 e. The number of hydrogen-bond donors (Lipinski definition) is 1. The predicted molar refractivity (Wildman–Crippen MR) is 77.8 cm³/mol. The minimum atomic E-state index is -0.163. The first-order chi connectivity index (χ1) is 9.74. The summed E-state index contributed by atoms with van der Waals surface area (Å²) in [5, 5.41) is 3.52. The summed E-state index contributed by atoms with van der Waals surface area (Å²) < 4.78 is 1.76. The maximum absolute atomic E-state index is 12.2. The van der Waals surface area contributed by atoms with Gasteiger partial charge in [0.15, 0.2) is 0 Å². The molecule has 100 valence electrons. The Morgan fingerprint density at radius 3 is 3.00 bits per heavy atom. The van der Waals surface area contributed by atoms with Crippen molar-refractivity contribution in [3.8, 4) is 0 Å². The Labute approximate surface area is 121 Å². The van der Waals surface area contributed by atoms with Crippen LogP contribution in [0.15, 0.2) is 54.9 Å². The first-order valence-corrected chi connectivity index (χ1v) is 6.56. The Hall–Kier alpha value is -2.33. The maximum Gasteiger partial charge on any atom is 0.270 e. The fourth-order valence-electron chi connectivity index (χ4n) is 2.02. The van der Waals surface area contributed by atoms with E-state index < -0.39 is 0 Å². The van der Waals surface area contributed by atoms with Crippen LogP contribution in [0.3, 0.4) is 0 Å². The van der Waals surface area contributed by atoms with E-state index in [0.29, 0.717) is 17.3 Å². The molecule has 1 N–H and O–H groups in total. The van der Waals surface area contributed by atoms with Crippen molar-refractivity contribution in [3.63, 3.8) is 0 Å². The molecule has 0 radical (unpaired) electrons. The van der Waals surface area contributed by atoms with Gasteiger partial charge in [-0.05, 0) is 29.8 Å². The third kappa shape index (κ3) is 2.51. The number of imidazole rings is 1. The molecular weight excluding hydrogens is 274 g/mol. The summed E-state index contributed by atoms with van der Waals surface area (Å²) in [7, 11) is 0. The van der Waals surface area contributed by atoms with E-state index in [1.54, 1.807) is 16.7 Å². The van der Waals surface area contributed by atoms with Gasteiger partial charge in [-0.25, -0.2) is 4.98 Å². The van der Waals surface area contributed by atoms with Crippen LogP contribution in [0.25, 0.3) is 5.65 Å². The molecule has 1 aromatic carbocycles. The first-order valence-electron chi connectivity index (χ1n) is 6.19. The Morgan fingerprint density at radius 2 is 2.15 bits per heavy atom. The second-order valence-electron chi connectivity index (χ2n) is 4.38. The lowest BCUT2D eigenvalue weighted by atomic mass is 10.2. The highest BCUT2D eigenvalue weighted by Gasteiger charge is 2.11. The quantitative estimate of drug-likeness (QED) is 0.804. The molecule has 5 heteroatoms. The SMILES string of the molecule is O=C(NCc1cccc(Cl)c1)c1cnc2ccccn12. The van der Waals surface area contributed by atoms with Gasteiger partial charge in [0.25, 0.3) is 5.91 Å². The van der Waals surface area contributed by atoms with Crippen molar-refractivity contribution in [3.05, 3.63) is 71.1 Å². The van der Waals surface area contributed by atoms with Crippen LogP contribution in [0.1, 0.15) is 16.1 Å². The normalized spacial score (nSPS) is 10.7. The molecule has 0 bridgehead atoms. The molecule has 0 saturated heterocycles. The highest BCUT2D eigenvalue weighted by Crippen LogP contribution is 2.11. The van der Waals surface area contributed by atoms with Crippen LogP contribution in [-0.4, -0.2) is 15.3 Å². The van der Waals surface area contributed by atoms with Gasteiger partial charge < -0.3 is 5.32 Å². The zero-order chi connectivity index (χ0) is 13.9. The van der Waals surface area contributed by atoms with Crippen LogP contribution in [0.5, 0.6) is 0 Å². The van der Waals surface area contributed by atoms with Gasteiger partial charge in [0.05, 0.1) is 6.20 Å². The van der Waals surface area contributed by atoms with Crippen LogP contribution in [0.2, 0.25) is 5.02 Å². The highest BCUT2D eigenvalue weighted by molar-refractivity contribution is 6.30. The molecule has 0 aliphatic carbocycles. The molecule has 0 saturated carbocycles. The van der Waals surface area contributed by atoms with Gasteiger partial charge in [0.1, 0.15) is 11.3 Å². The predicted octanol–water partition coefficient (Wildman–Crippen LogP) is 2.92. The molecule has 0 unspecified atom stereocenters. The second kappa shape index (κ2) is 5.35. The number of benzene rings is 1. The zero-order valence-electron chi connectivity index (χ0n) is 10.6. The molecule has 4 nitrogen and oxygen atoms in total. The lowest BCUT2D eigenvalue weighted by Crippen LogP contribution is -2.24. The summed E-state index contributed by atoms with van der Waals surface area (Å²) >= 11 is 5.91. The van der Waals surface area contributed by atoms with Crippen molar-refractivity contribution in [2.75, 3.05) is 0 Å². The van der Waals surface area contributed by atoms with Gasteiger partial charge in [-0.2, -0.15) is 0 Å². The fourth-order valence-corrected chi connectivity index (χ4v) is 2.23. The summed E-state index contributed by atoms with van der Waals surface area (Å²) in [6.45, 7) is 0.430. The van der Waals surface area contributed by atoms with Gasteiger partial charge in [0, 0.05) is 17.8 Å². The van der Waals surface area contributed by atoms with Crippen molar-refractivity contribution < 1.29 is 4.79 Å². The average molecular weight is 286 g/mol. The Kier molecular flexibility index (Phi) is 3.39. The lowest BCUT2D eigenvalue weighted by Gasteiger charge is -2.05. The number of aromatic nitrogens is 2. The summed E-state index contributed by atoms with van der Waals surface area (Å²) in [6, 6.07) is 13.0. The number of pyridine rings is 1. The van der Waals surface area contributed by atoms with Crippen molar-refractivity contribution in [1.29, 1.82) is 0 Å². The summed E-state index contributed by atoms with van der Waals surface area (Å²) in [6.07, 6.45) is 3.39. The summed E-state index contributed by atoms with van der Waals surface area (Å²) in [5.41, 5.74) is 2.22. The topological polar surface area (TPSA) is 46.4 Å². The number of halogens is 1.